The summed E-state index contributed by atoms with van der Waals surface area (Å²) in [6, 6.07) is 0. The minimum Gasteiger partial charge on any atom is -0.462 e. The topological polar surface area (TPSA) is 237 Å². The van der Waals surface area contributed by atoms with Crippen LogP contribution in [0.1, 0.15) is 357 Å². The highest BCUT2D eigenvalue weighted by molar-refractivity contribution is 7.47. The van der Waals surface area contributed by atoms with Gasteiger partial charge in [-0.25, -0.2) is 9.13 Å². The van der Waals surface area contributed by atoms with Crippen LogP contribution < -0.4 is 0 Å². The molecule has 0 aliphatic heterocycles. The van der Waals surface area contributed by atoms with Gasteiger partial charge in [-0.3, -0.25) is 37.3 Å². The SMILES string of the molecule is CCC(C)CCCCCCCCCCCCC(=O)O[C@H](COC(=O)CCCCCCCCCCCCC(C)C)COP(=O)(O)OC[C@@H](O)COP(=O)(O)OC[C@@H](COC(=O)CCCCCCCCCCC(C)CC)OC(=O)CCCCCCCCCCC(C)CC. The molecule has 0 heterocycles. The third-order valence-corrected chi connectivity index (χ3v) is 19.6. The fraction of sp³-hybridized carbons (Fsp3) is 0.944. The Bertz CT molecular complexity index is 1800. The van der Waals surface area contributed by atoms with Crippen LogP contribution in [0.2, 0.25) is 0 Å². The van der Waals surface area contributed by atoms with E-state index < -0.39 is 97.5 Å². The van der Waals surface area contributed by atoms with Crippen LogP contribution >= 0.6 is 15.6 Å². The molecule has 0 rings (SSSR count). The molecular weight excluding hydrogens is 1200 g/mol. The molecule has 0 saturated carbocycles. The molecule has 0 spiro atoms. The number of rotatable bonds is 69. The zero-order valence-corrected chi connectivity index (χ0v) is 61.3. The van der Waals surface area contributed by atoms with Crippen molar-refractivity contribution in [2.24, 2.45) is 23.7 Å². The molecule has 0 bridgehead atoms. The number of aliphatic hydroxyl groups excluding tert-OH is 1. The predicted molar refractivity (Wildman–Crippen MR) is 367 cm³/mol. The van der Waals surface area contributed by atoms with Gasteiger partial charge in [-0.2, -0.15) is 0 Å². The third-order valence-electron chi connectivity index (χ3n) is 17.7. The van der Waals surface area contributed by atoms with Crippen molar-refractivity contribution in [3.05, 3.63) is 0 Å². The van der Waals surface area contributed by atoms with Crippen LogP contribution in [0.4, 0.5) is 0 Å². The number of ether oxygens (including phenoxy) is 4. The maximum Gasteiger partial charge on any atom is 0.472 e. The number of hydrogen-bond donors (Lipinski definition) is 3. The third kappa shape index (κ3) is 62.6. The van der Waals surface area contributed by atoms with Crippen LogP contribution in [-0.2, 0) is 65.4 Å². The number of carbonyl (C=O) groups excluding carboxylic acids is 4. The minimum atomic E-state index is -4.95. The van der Waals surface area contributed by atoms with Crippen LogP contribution in [0.25, 0.3) is 0 Å². The van der Waals surface area contributed by atoms with Gasteiger partial charge >= 0.3 is 39.5 Å². The van der Waals surface area contributed by atoms with Crippen molar-refractivity contribution < 1.29 is 80.2 Å². The van der Waals surface area contributed by atoms with Gasteiger partial charge in [-0.05, 0) is 49.4 Å². The summed E-state index contributed by atoms with van der Waals surface area (Å²) in [5.74, 6) is 0.981. The maximum absolute atomic E-state index is 13.0. The summed E-state index contributed by atoms with van der Waals surface area (Å²) in [4.78, 5) is 72.7. The zero-order valence-electron chi connectivity index (χ0n) is 59.5. The first-order valence-electron chi connectivity index (χ1n) is 37.3. The second-order valence-corrected chi connectivity index (χ2v) is 30.1. The normalized spacial score (nSPS) is 15.1. The van der Waals surface area contributed by atoms with Crippen LogP contribution in [0.5, 0.6) is 0 Å². The number of phosphoric ester groups is 2. The number of phosphoric acid groups is 2. The van der Waals surface area contributed by atoms with Gasteiger partial charge in [0.25, 0.3) is 0 Å². The Balaban J connectivity index is 5.29. The molecule has 3 N–H and O–H groups in total. The van der Waals surface area contributed by atoms with Crippen molar-refractivity contribution in [3.8, 4) is 0 Å². The summed E-state index contributed by atoms with van der Waals surface area (Å²) in [5, 5.41) is 10.6. The highest BCUT2D eigenvalue weighted by atomic mass is 31.2. The van der Waals surface area contributed by atoms with Crippen molar-refractivity contribution >= 4 is 39.5 Å². The summed E-state index contributed by atoms with van der Waals surface area (Å²) in [6.07, 6.45) is 44.2. The molecule has 0 aromatic heterocycles. The molecule has 0 aliphatic carbocycles. The van der Waals surface area contributed by atoms with E-state index in [1.54, 1.807) is 0 Å². The molecule has 0 amide bonds. The zero-order chi connectivity index (χ0) is 67.5. The van der Waals surface area contributed by atoms with Gasteiger partial charge in [0.1, 0.15) is 19.3 Å². The largest absolute Gasteiger partial charge is 0.472 e. The van der Waals surface area contributed by atoms with Crippen LogP contribution in [-0.4, -0.2) is 96.7 Å². The summed E-state index contributed by atoms with van der Waals surface area (Å²) in [5.41, 5.74) is 0. The van der Waals surface area contributed by atoms with Gasteiger partial charge in [0.05, 0.1) is 26.4 Å². The Kier molecular flexibility index (Phi) is 60.3. The molecule has 0 fully saturated rings. The van der Waals surface area contributed by atoms with E-state index in [0.717, 1.165) is 114 Å². The lowest BCUT2D eigenvalue weighted by molar-refractivity contribution is -0.161. The van der Waals surface area contributed by atoms with E-state index in [1.807, 2.05) is 0 Å². The number of hydrogen-bond acceptors (Lipinski definition) is 15. The molecule has 5 unspecified atom stereocenters. The molecule has 0 aromatic carbocycles. The standard InChI is InChI=1S/C72H140O17P2/c1-9-63(6)49-41-33-25-17-13-15-19-30-38-46-54-71(76)88-67(58-82-69(74)52-44-36-28-18-14-12-16-24-32-40-48-62(4)5)60-86-90(78,79)84-56-66(73)57-85-91(80,81)87-61-68(89-72(77)55-47-39-31-23-21-27-35-43-51-65(8)11-3)59-83-70(75)53-45-37-29-22-20-26-34-42-50-64(7)10-2/h62-68,73H,9-61H2,1-8H3,(H,78,79)(H,80,81)/t63?,64?,65?,66-,67-,68-/m1/s1. The highest BCUT2D eigenvalue weighted by Crippen LogP contribution is 2.45. The Hall–Kier alpha value is -1.94. The average molecular weight is 1340 g/mol. The summed E-state index contributed by atoms with van der Waals surface area (Å²) < 4.78 is 68.4. The number of esters is 4. The van der Waals surface area contributed by atoms with E-state index in [0.29, 0.717) is 25.7 Å². The Morgan fingerprint density at radius 2 is 0.527 bits per heavy atom. The molecule has 0 saturated heterocycles. The summed E-state index contributed by atoms with van der Waals surface area (Å²) in [7, 11) is -9.91. The van der Waals surface area contributed by atoms with E-state index in [9.17, 15) is 43.2 Å². The van der Waals surface area contributed by atoms with Gasteiger partial charge in [0, 0.05) is 25.7 Å². The Morgan fingerprint density at radius 3 is 0.780 bits per heavy atom. The first kappa shape index (κ1) is 89.1. The van der Waals surface area contributed by atoms with Crippen LogP contribution in [0.15, 0.2) is 0 Å². The van der Waals surface area contributed by atoms with Gasteiger partial charge in [-0.15, -0.1) is 0 Å². The number of carbonyl (C=O) groups is 4. The fourth-order valence-corrected chi connectivity index (χ4v) is 12.3. The van der Waals surface area contributed by atoms with Crippen LogP contribution in [0.3, 0.4) is 0 Å². The second-order valence-electron chi connectivity index (χ2n) is 27.2. The van der Waals surface area contributed by atoms with E-state index >= 15 is 0 Å². The van der Waals surface area contributed by atoms with Crippen molar-refractivity contribution in [1.82, 2.24) is 0 Å². The molecule has 0 radical (unpaired) electrons. The second kappa shape index (κ2) is 61.6. The molecule has 540 valence electrons. The quantitative estimate of drug-likeness (QED) is 0.0222. The lowest BCUT2D eigenvalue weighted by Crippen LogP contribution is -2.30. The van der Waals surface area contributed by atoms with Crippen molar-refractivity contribution in [1.29, 1.82) is 0 Å². The van der Waals surface area contributed by atoms with Gasteiger partial charge in [0.2, 0.25) is 0 Å². The lowest BCUT2D eigenvalue weighted by atomic mass is 9.99. The number of aliphatic hydroxyl groups is 1. The average Bonchev–Trinajstić information content (AvgIpc) is 3.65. The van der Waals surface area contributed by atoms with Gasteiger partial charge in [-0.1, -0.05) is 306 Å². The molecule has 17 nitrogen and oxygen atoms in total. The lowest BCUT2D eigenvalue weighted by Gasteiger charge is -2.21. The monoisotopic (exact) mass is 1340 g/mol. The Morgan fingerprint density at radius 1 is 0.308 bits per heavy atom. The summed E-state index contributed by atoms with van der Waals surface area (Å²) >= 11 is 0. The smallest absolute Gasteiger partial charge is 0.462 e. The van der Waals surface area contributed by atoms with Gasteiger partial charge < -0.3 is 33.8 Å². The van der Waals surface area contributed by atoms with E-state index in [1.165, 1.54) is 161 Å². The van der Waals surface area contributed by atoms with Crippen molar-refractivity contribution in [3.63, 3.8) is 0 Å². The van der Waals surface area contributed by atoms with E-state index in [2.05, 4.69) is 55.4 Å². The first-order valence-corrected chi connectivity index (χ1v) is 40.3. The first-order chi connectivity index (χ1) is 43.7. The van der Waals surface area contributed by atoms with Crippen molar-refractivity contribution in [2.75, 3.05) is 39.6 Å². The highest BCUT2D eigenvalue weighted by Gasteiger charge is 2.30. The molecule has 91 heavy (non-hydrogen) atoms. The molecule has 0 aromatic rings. The number of unbranched alkanes of at least 4 members (excludes halogenated alkanes) is 32. The molecule has 0 aliphatic rings. The van der Waals surface area contributed by atoms with E-state index in [-0.39, 0.29) is 25.7 Å². The van der Waals surface area contributed by atoms with Crippen LogP contribution in [0, 0.1) is 23.7 Å². The van der Waals surface area contributed by atoms with Gasteiger partial charge in [0.15, 0.2) is 12.2 Å². The molecule has 19 heteroatoms. The Labute approximate surface area is 556 Å². The van der Waals surface area contributed by atoms with Crippen molar-refractivity contribution in [2.45, 2.75) is 375 Å². The van der Waals surface area contributed by atoms with E-state index in [4.69, 9.17) is 37.0 Å². The predicted octanol–water partition coefficient (Wildman–Crippen LogP) is 20.5. The minimum absolute atomic E-state index is 0.104. The molecular formula is C72H140O17P2. The molecule has 8 atom stereocenters. The maximum atomic E-state index is 13.0. The summed E-state index contributed by atoms with van der Waals surface area (Å²) in [6.45, 7) is 14.2. The fourth-order valence-electron chi connectivity index (χ4n) is 10.7.